The Morgan fingerprint density at radius 2 is 2.04 bits per heavy atom. The smallest absolute Gasteiger partial charge is 0.337 e. The number of hydrogen-bond donors (Lipinski definition) is 1. The molecule has 2 heterocycles. The van der Waals surface area contributed by atoms with Crippen molar-refractivity contribution in [2.45, 2.75) is 19.4 Å². The first-order valence-electron chi connectivity index (χ1n) is 7.81. The van der Waals surface area contributed by atoms with Gasteiger partial charge in [0.2, 0.25) is 5.91 Å². The monoisotopic (exact) mass is 343 g/mol. The van der Waals surface area contributed by atoms with Gasteiger partial charge in [-0.05, 0) is 30.5 Å². The molecule has 0 radical (unpaired) electrons. The van der Waals surface area contributed by atoms with Crippen LogP contribution in [0.15, 0.2) is 40.1 Å². The van der Waals surface area contributed by atoms with E-state index in [1.807, 2.05) is 6.07 Å². The minimum Gasteiger partial charge on any atom is -0.465 e. The van der Waals surface area contributed by atoms with Crippen LogP contribution in [-0.2, 0) is 22.5 Å². The van der Waals surface area contributed by atoms with Gasteiger partial charge in [-0.1, -0.05) is 6.07 Å². The van der Waals surface area contributed by atoms with Gasteiger partial charge in [0.1, 0.15) is 6.54 Å². The Labute approximate surface area is 142 Å². The molecule has 130 valence electrons. The lowest BCUT2D eigenvalue weighted by Crippen LogP contribution is -2.40. The molecule has 8 nitrogen and oxygen atoms in total. The number of aryl methyl sites for hydroxylation is 1. The van der Waals surface area contributed by atoms with E-state index in [1.165, 1.54) is 19.4 Å². The molecule has 1 aliphatic rings. The topological polar surface area (TPSA) is 101 Å². The highest BCUT2D eigenvalue weighted by molar-refractivity contribution is 5.97. The summed E-state index contributed by atoms with van der Waals surface area (Å²) in [6, 6.07) is 6.31. The van der Waals surface area contributed by atoms with Crippen LogP contribution in [0.3, 0.4) is 0 Å². The van der Waals surface area contributed by atoms with Crippen molar-refractivity contribution in [1.29, 1.82) is 0 Å². The summed E-state index contributed by atoms with van der Waals surface area (Å²) in [5.41, 5.74) is 0.820. The zero-order chi connectivity index (χ0) is 18.0. The number of fused-ring (bicyclic) bond motifs is 1. The minimum absolute atomic E-state index is 0.197. The highest BCUT2D eigenvalue weighted by Gasteiger charge is 2.24. The highest BCUT2D eigenvalue weighted by atomic mass is 16.5. The van der Waals surface area contributed by atoms with Crippen molar-refractivity contribution in [3.8, 4) is 0 Å². The summed E-state index contributed by atoms with van der Waals surface area (Å²) in [5.74, 6) is -0.769. The first kappa shape index (κ1) is 16.7. The van der Waals surface area contributed by atoms with Crippen molar-refractivity contribution < 1.29 is 14.3 Å². The summed E-state index contributed by atoms with van der Waals surface area (Å²) >= 11 is 0. The normalized spacial score (nSPS) is 13.2. The predicted octanol–water partition coefficient (Wildman–Crippen LogP) is 0.303. The summed E-state index contributed by atoms with van der Waals surface area (Å²) < 4.78 is 5.87. The van der Waals surface area contributed by atoms with E-state index >= 15 is 0 Å². The maximum absolute atomic E-state index is 12.7. The standard InChI is InChI=1S/C17H17N3O5/c1-25-16(23)12-5-4-11-3-2-7-20(13(11)9-12)15(22)10-19-8-6-14(21)18-17(19)24/h4-6,8-9H,2-3,7,10H2,1H3,(H,18,21,24). The summed E-state index contributed by atoms with van der Waals surface area (Å²) in [5, 5.41) is 0. The van der Waals surface area contributed by atoms with E-state index in [2.05, 4.69) is 4.98 Å². The molecule has 0 aliphatic carbocycles. The molecule has 1 amide bonds. The number of anilines is 1. The van der Waals surface area contributed by atoms with E-state index in [4.69, 9.17) is 4.74 Å². The molecule has 0 atom stereocenters. The van der Waals surface area contributed by atoms with Crippen molar-refractivity contribution in [2.75, 3.05) is 18.6 Å². The second kappa shape index (κ2) is 6.76. The summed E-state index contributed by atoms with van der Waals surface area (Å²) in [4.78, 5) is 51.0. The lowest BCUT2D eigenvalue weighted by molar-refractivity contribution is -0.119. The molecule has 0 bridgehead atoms. The van der Waals surface area contributed by atoms with Gasteiger partial charge in [-0.15, -0.1) is 0 Å². The fourth-order valence-corrected chi connectivity index (χ4v) is 2.88. The number of benzene rings is 1. The maximum Gasteiger partial charge on any atom is 0.337 e. The number of amides is 1. The average Bonchev–Trinajstić information content (AvgIpc) is 2.62. The molecule has 1 aliphatic heterocycles. The van der Waals surface area contributed by atoms with Gasteiger partial charge < -0.3 is 9.64 Å². The molecule has 2 aromatic rings. The van der Waals surface area contributed by atoms with Gasteiger partial charge in [0.25, 0.3) is 5.56 Å². The van der Waals surface area contributed by atoms with Crippen molar-refractivity contribution >= 4 is 17.6 Å². The van der Waals surface area contributed by atoms with Crippen LogP contribution in [0.2, 0.25) is 0 Å². The minimum atomic E-state index is -0.638. The Morgan fingerprint density at radius 3 is 2.76 bits per heavy atom. The Balaban J connectivity index is 1.91. The lowest BCUT2D eigenvalue weighted by atomic mass is 9.99. The van der Waals surface area contributed by atoms with Gasteiger partial charge in [0.05, 0.1) is 12.7 Å². The van der Waals surface area contributed by atoms with E-state index < -0.39 is 17.2 Å². The highest BCUT2D eigenvalue weighted by Crippen LogP contribution is 2.28. The molecule has 3 rings (SSSR count). The molecular weight excluding hydrogens is 326 g/mol. The summed E-state index contributed by atoms with van der Waals surface area (Å²) in [6.07, 6.45) is 2.88. The Bertz CT molecular complexity index is 944. The van der Waals surface area contributed by atoms with E-state index in [9.17, 15) is 19.2 Å². The van der Waals surface area contributed by atoms with Gasteiger partial charge in [-0.3, -0.25) is 19.1 Å². The third-order valence-corrected chi connectivity index (χ3v) is 4.13. The van der Waals surface area contributed by atoms with Gasteiger partial charge in [0, 0.05) is 24.5 Å². The van der Waals surface area contributed by atoms with Gasteiger partial charge in [-0.25, -0.2) is 9.59 Å². The average molecular weight is 343 g/mol. The predicted molar refractivity (Wildman–Crippen MR) is 89.8 cm³/mol. The molecule has 0 fully saturated rings. The van der Waals surface area contributed by atoms with Crippen LogP contribution < -0.4 is 16.1 Å². The third-order valence-electron chi connectivity index (χ3n) is 4.13. The number of aromatic nitrogens is 2. The molecular formula is C17H17N3O5. The van der Waals surface area contributed by atoms with Crippen LogP contribution in [0.1, 0.15) is 22.3 Å². The number of carbonyl (C=O) groups is 2. The number of H-pyrrole nitrogens is 1. The Morgan fingerprint density at radius 1 is 1.24 bits per heavy atom. The van der Waals surface area contributed by atoms with Crippen LogP contribution in [0, 0.1) is 0 Å². The van der Waals surface area contributed by atoms with Gasteiger partial charge >= 0.3 is 11.7 Å². The molecule has 0 spiro atoms. The van der Waals surface area contributed by atoms with Crippen LogP contribution in [0.5, 0.6) is 0 Å². The zero-order valence-electron chi connectivity index (χ0n) is 13.7. The van der Waals surface area contributed by atoms with Crippen LogP contribution in [-0.4, -0.2) is 35.1 Å². The Hall–Kier alpha value is -3.16. The molecule has 25 heavy (non-hydrogen) atoms. The van der Waals surface area contributed by atoms with Crippen LogP contribution in [0.25, 0.3) is 0 Å². The quantitative estimate of drug-likeness (QED) is 0.808. The van der Waals surface area contributed by atoms with Crippen molar-refractivity contribution in [1.82, 2.24) is 9.55 Å². The fraction of sp³-hybridized carbons (Fsp3) is 0.294. The van der Waals surface area contributed by atoms with Crippen molar-refractivity contribution in [2.24, 2.45) is 0 Å². The maximum atomic E-state index is 12.7. The number of rotatable bonds is 3. The molecule has 1 aromatic carbocycles. The van der Waals surface area contributed by atoms with Gasteiger partial charge in [-0.2, -0.15) is 0 Å². The zero-order valence-corrected chi connectivity index (χ0v) is 13.7. The molecule has 0 saturated heterocycles. The summed E-state index contributed by atoms with van der Waals surface area (Å²) in [6.45, 7) is 0.298. The first-order valence-corrected chi connectivity index (χ1v) is 7.81. The van der Waals surface area contributed by atoms with E-state index in [0.29, 0.717) is 17.8 Å². The van der Waals surface area contributed by atoms with E-state index in [-0.39, 0.29) is 12.5 Å². The van der Waals surface area contributed by atoms with Crippen molar-refractivity contribution in [3.05, 3.63) is 62.4 Å². The number of methoxy groups -OCH3 is 1. The number of nitrogens with zero attached hydrogens (tertiary/aromatic N) is 2. The molecule has 0 saturated carbocycles. The first-order chi connectivity index (χ1) is 12.0. The number of ether oxygens (including phenoxy) is 1. The number of esters is 1. The largest absolute Gasteiger partial charge is 0.465 e. The van der Waals surface area contributed by atoms with Crippen molar-refractivity contribution in [3.63, 3.8) is 0 Å². The lowest BCUT2D eigenvalue weighted by Gasteiger charge is -2.30. The fourth-order valence-electron chi connectivity index (χ4n) is 2.88. The molecule has 0 unspecified atom stereocenters. The summed E-state index contributed by atoms with van der Waals surface area (Å²) in [7, 11) is 1.30. The second-order valence-electron chi connectivity index (χ2n) is 5.72. The molecule has 1 N–H and O–H groups in total. The van der Waals surface area contributed by atoms with Crippen LogP contribution >= 0.6 is 0 Å². The molecule has 8 heteroatoms. The number of nitrogens with one attached hydrogen (secondary N) is 1. The SMILES string of the molecule is COC(=O)c1ccc2c(c1)N(C(=O)Cn1ccc(=O)[nH]c1=O)CCC2. The Kier molecular flexibility index (Phi) is 4.51. The number of carbonyl (C=O) groups excluding carboxylic acids is 2. The van der Waals surface area contributed by atoms with E-state index in [0.717, 1.165) is 23.0 Å². The number of hydrogen-bond acceptors (Lipinski definition) is 5. The van der Waals surface area contributed by atoms with E-state index in [1.54, 1.807) is 17.0 Å². The molecule has 1 aromatic heterocycles. The van der Waals surface area contributed by atoms with Gasteiger partial charge in [0.15, 0.2) is 0 Å². The number of aromatic amines is 1. The second-order valence-corrected chi connectivity index (χ2v) is 5.72. The van der Waals surface area contributed by atoms with Crippen LogP contribution in [0.4, 0.5) is 5.69 Å². The third kappa shape index (κ3) is 3.37.